The molecule has 1 aromatic heterocycles. The zero-order valence-electron chi connectivity index (χ0n) is 9.54. The summed E-state index contributed by atoms with van der Waals surface area (Å²) in [6, 6.07) is 5.90. The largest absolute Gasteiger partial charge is 0.336 e. The SMILES string of the molecule is CCN1CCOP1(=S)/N=c1\ccccn1C. The van der Waals surface area contributed by atoms with Gasteiger partial charge in [-0.05, 0) is 23.9 Å². The number of hydrogen-bond acceptors (Lipinski definition) is 2. The van der Waals surface area contributed by atoms with Crippen LogP contribution in [-0.4, -0.2) is 28.9 Å². The topological polar surface area (TPSA) is 29.8 Å². The Morgan fingerprint density at radius 1 is 1.56 bits per heavy atom. The Balaban J connectivity index is 2.44. The molecule has 1 aliphatic heterocycles. The van der Waals surface area contributed by atoms with E-state index in [1.807, 2.05) is 36.0 Å². The van der Waals surface area contributed by atoms with Gasteiger partial charge < -0.3 is 9.09 Å². The van der Waals surface area contributed by atoms with E-state index in [0.717, 1.165) is 18.6 Å². The van der Waals surface area contributed by atoms with Crippen LogP contribution in [0.25, 0.3) is 0 Å². The Morgan fingerprint density at radius 2 is 2.38 bits per heavy atom. The fourth-order valence-electron chi connectivity index (χ4n) is 1.65. The van der Waals surface area contributed by atoms with Crippen molar-refractivity contribution in [1.29, 1.82) is 0 Å². The predicted octanol–water partition coefficient (Wildman–Crippen LogP) is 1.50. The van der Waals surface area contributed by atoms with Crippen molar-refractivity contribution < 1.29 is 4.52 Å². The summed E-state index contributed by atoms with van der Waals surface area (Å²) < 4.78 is 14.4. The fourth-order valence-corrected chi connectivity index (χ4v) is 4.54. The highest BCUT2D eigenvalue weighted by atomic mass is 32.4. The molecule has 6 heteroatoms. The van der Waals surface area contributed by atoms with Crippen molar-refractivity contribution in [2.75, 3.05) is 19.7 Å². The molecule has 0 amide bonds. The Hall–Kier alpha value is -0.480. The number of nitrogens with zero attached hydrogens (tertiary/aromatic N) is 3. The van der Waals surface area contributed by atoms with E-state index in [-0.39, 0.29) is 0 Å². The summed E-state index contributed by atoms with van der Waals surface area (Å²) >= 11 is 5.56. The van der Waals surface area contributed by atoms with Crippen LogP contribution in [-0.2, 0) is 23.4 Å². The average Bonchev–Trinajstić information content (AvgIpc) is 2.63. The Bertz CT molecular complexity index is 485. The van der Waals surface area contributed by atoms with Crippen LogP contribution in [0.1, 0.15) is 6.92 Å². The molecular formula is C10H16N3OPS. The van der Waals surface area contributed by atoms with Crippen molar-refractivity contribution in [3.8, 4) is 0 Å². The first kappa shape index (κ1) is 12.0. The van der Waals surface area contributed by atoms with E-state index in [9.17, 15) is 0 Å². The molecule has 1 saturated heterocycles. The van der Waals surface area contributed by atoms with Gasteiger partial charge in [0.15, 0.2) is 0 Å². The van der Waals surface area contributed by atoms with Gasteiger partial charge in [0.2, 0.25) is 6.57 Å². The smallest absolute Gasteiger partial charge is 0.249 e. The molecular weight excluding hydrogens is 241 g/mol. The molecule has 0 N–H and O–H groups in total. The van der Waals surface area contributed by atoms with Gasteiger partial charge in [-0.25, -0.2) is 4.67 Å². The lowest BCUT2D eigenvalue weighted by Crippen LogP contribution is -2.19. The minimum absolute atomic E-state index is 0.700. The molecule has 16 heavy (non-hydrogen) atoms. The lowest BCUT2D eigenvalue weighted by Gasteiger charge is -2.20. The molecule has 1 aromatic rings. The van der Waals surface area contributed by atoms with Gasteiger partial charge >= 0.3 is 0 Å². The summed E-state index contributed by atoms with van der Waals surface area (Å²) in [4.78, 5) is 0. The predicted molar refractivity (Wildman–Crippen MR) is 68.5 cm³/mol. The summed E-state index contributed by atoms with van der Waals surface area (Å²) in [7, 11) is 1.96. The van der Waals surface area contributed by atoms with Gasteiger partial charge in [-0.1, -0.05) is 13.0 Å². The molecule has 0 aromatic carbocycles. The number of hydrogen-bond donors (Lipinski definition) is 0. The number of pyridine rings is 1. The summed E-state index contributed by atoms with van der Waals surface area (Å²) in [6.07, 6.45) is 1.96. The highest BCUT2D eigenvalue weighted by Gasteiger charge is 2.30. The standard InChI is InChI=1S/C10H16N3OPS/c1-3-13-8-9-14-15(13,16)11-10-6-4-5-7-12(10)2/h4-7H,3,8-9H2,1-2H3/b11-10+. The van der Waals surface area contributed by atoms with Crippen LogP contribution < -0.4 is 5.49 Å². The number of likely N-dealkylation sites (N-methyl/N-ethyl adjacent to an activating group) is 1. The highest BCUT2D eigenvalue weighted by Crippen LogP contribution is 2.55. The van der Waals surface area contributed by atoms with Gasteiger partial charge in [-0.15, -0.1) is 0 Å². The van der Waals surface area contributed by atoms with Crippen LogP contribution in [0, 0.1) is 0 Å². The maximum atomic E-state index is 5.67. The third kappa shape index (κ3) is 2.28. The highest BCUT2D eigenvalue weighted by molar-refractivity contribution is 8.10. The third-order valence-electron chi connectivity index (χ3n) is 2.59. The molecule has 1 atom stereocenters. The lowest BCUT2D eigenvalue weighted by atomic mass is 10.5. The normalized spacial score (nSPS) is 27.5. The van der Waals surface area contributed by atoms with Gasteiger partial charge in [0.1, 0.15) is 5.49 Å². The van der Waals surface area contributed by atoms with E-state index < -0.39 is 6.57 Å². The molecule has 1 unspecified atom stereocenters. The minimum Gasteiger partial charge on any atom is -0.336 e. The lowest BCUT2D eigenvalue weighted by molar-refractivity contribution is 0.390. The second-order valence-electron chi connectivity index (χ2n) is 3.64. The second kappa shape index (κ2) is 4.80. The van der Waals surface area contributed by atoms with Gasteiger partial charge in [0.05, 0.1) is 6.61 Å². The first-order chi connectivity index (χ1) is 7.65. The molecule has 0 bridgehead atoms. The fraction of sp³-hybridized carbons (Fsp3) is 0.500. The van der Waals surface area contributed by atoms with Crippen molar-refractivity contribution in [2.45, 2.75) is 6.92 Å². The van der Waals surface area contributed by atoms with Crippen molar-refractivity contribution >= 4 is 18.4 Å². The van der Waals surface area contributed by atoms with E-state index in [2.05, 4.69) is 16.4 Å². The van der Waals surface area contributed by atoms with Gasteiger partial charge in [0.25, 0.3) is 0 Å². The molecule has 4 nitrogen and oxygen atoms in total. The van der Waals surface area contributed by atoms with Crippen LogP contribution in [0.5, 0.6) is 0 Å². The van der Waals surface area contributed by atoms with E-state index >= 15 is 0 Å². The minimum atomic E-state index is -2.16. The molecule has 0 saturated carbocycles. The van der Waals surface area contributed by atoms with Crippen LogP contribution in [0.3, 0.4) is 0 Å². The van der Waals surface area contributed by atoms with E-state index in [4.69, 9.17) is 16.3 Å². The summed E-state index contributed by atoms with van der Waals surface area (Å²) in [6.45, 7) is 2.43. The van der Waals surface area contributed by atoms with Crippen LogP contribution in [0.2, 0.25) is 0 Å². The average molecular weight is 257 g/mol. The van der Waals surface area contributed by atoms with Crippen LogP contribution in [0.4, 0.5) is 0 Å². The van der Waals surface area contributed by atoms with E-state index in [1.54, 1.807) is 0 Å². The zero-order valence-corrected chi connectivity index (χ0v) is 11.2. The van der Waals surface area contributed by atoms with Crippen LogP contribution >= 0.6 is 6.57 Å². The monoisotopic (exact) mass is 257 g/mol. The molecule has 1 aliphatic rings. The molecule has 0 aliphatic carbocycles. The molecule has 88 valence electrons. The maximum absolute atomic E-state index is 5.67. The van der Waals surface area contributed by atoms with Crippen molar-refractivity contribution in [1.82, 2.24) is 9.24 Å². The van der Waals surface area contributed by atoms with Crippen molar-refractivity contribution in [3.05, 3.63) is 29.9 Å². The summed E-state index contributed by atoms with van der Waals surface area (Å²) in [5.41, 5.74) is 0.881. The van der Waals surface area contributed by atoms with Gasteiger partial charge in [-0.2, -0.15) is 4.76 Å². The second-order valence-corrected chi connectivity index (χ2v) is 7.07. The Labute approximate surface area is 101 Å². The quantitative estimate of drug-likeness (QED) is 0.752. The molecule has 0 radical (unpaired) electrons. The Kier molecular flexibility index (Phi) is 3.60. The summed E-state index contributed by atoms with van der Waals surface area (Å²) in [5, 5.41) is 0. The summed E-state index contributed by atoms with van der Waals surface area (Å²) in [5.74, 6) is 0. The molecule has 2 heterocycles. The van der Waals surface area contributed by atoms with Crippen molar-refractivity contribution in [3.63, 3.8) is 0 Å². The maximum Gasteiger partial charge on any atom is 0.249 e. The molecule has 1 fully saturated rings. The van der Waals surface area contributed by atoms with Gasteiger partial charge in [0, 0.05) is 26.3 Å². The van der Waals surface area contributed by atoms with E-state index in [1.165, 1.54) is 0 Å². The zero-order chi connectivity index (χ0) is 11.6. The van der Waals surface area contributed by atoms with Crippen LogP contribution in [0.15, 0.2) is 29.2 Å². The first-order valence-electron chi connectivity index (χ1n) is 5.33. The van der Waals surface area contributed by atoms with E-state index in [0.29, 0.717) is 6.61 Å². The van der Waals surface area contributed by atoms with Gasteiger partial charge in [-0.3, -0.25) is 0 Å². The first-order valence-corrected chi connectivity index (χ1v) is 7.96. The number of aromatic nitrogens is 1. The number of rotatable bonds is 2. The van der Waals surface area contributed by atoms with Crippen molar-refractivity contribution in [2.24, 2.45) is 11.8 Å². The molecule has 2 rings (SSSR count). The molecule has 0 spiro atoms. The number of aryl methyl sites for hydroxylation is 1. The third-order valence-corrected chi connectivity index (χ3v) is 6.02. The Morgan fingerprint density at radius 3 is 3.06 bits per heavy atom.